The van der Waals surface area contributed by atoms with Crippen LogP contribution in [0, 0.1) is 0 Å². The van der Waals surface area contributed by atoms with E-state index in [1.54, 1.807) is 37.0 Å². The van der Waals surface area contributed by atoms with Gasteiger partial charge in [0.25, 0.3) is 5.91 Å². The van der Waals surface area contributed by atoms with Gasteiger partial charge >= 0.3 is 0 Å². The number of carbonyl (C=O) groups excluding carboxylic acids is 1. The number of nitrogens with zero attached hydrogens (tertiary/aromatic N) is 6. The SMILES string of the molecule is CN1C=CN(c2cnc3ccc(Nc4nnc(C5CCCC5)s4)nc3c2)C=CC1=O. The van der Waals surface area contributed by atoms with E-state index in [9.17, 15) is 4.79 Å². The predicted molar refractivity (Wildman–Crippen MR) is 117 cm³/mol. The van der Waals surface area contributed by atoms with Gasteiger partial charge in [-0.1, -0.05) is 24.2 Å². The summed E-state index contributed by atoms with van der Waals surface area (Å²) in [6.07, 6.45) is 13.5. The molecular weight excluding hydrogens is 398 g/mol. The summed E-state index contributed by atoms with van der Waals surface area (Å²) in [4.78, 5) is 24.4. The maximum atomic E-state index is 11.8. The minimum Gasteiger partial charge on any atom is -0.321 e. The van der Waals surface area contributed by atoms with Crippen LogP contribution in [0.2, 0.25) is 0 Å². The van der Waals surface area contributed by atoms with Crippen molar-refractivity contribution in [3.63, 3.8) is 0 Å². The number of nitrogens with one attached hydrogen (secondary N) is 1. The molecule has 0 atom stereocenters. The van der Waals surface area contributed by atoms with E-state index in [2.05, 4.69) is 20.5 Å². The van der Waals surface area contributed by atoms with E-state index in [4.69, 9.17) is 4.98 Å². The first-order valence-electron chi connectivity index (χ1n) is 9.94. The van der Waals surface area contributed by atoms with Gasteiger partial charge in [0.05, 0.1) is 22.9 Å². The molecule has 152 valence electrons. The van der Waals surface area contributed by atoms with Gasteiger partial charge in [0, 0.05) is 37.6 Å². The summed E-state index contributed by atoms with van der Waals surface area (Å²) < 4.78 is 0. The number of rotatable bonds is 4. The minimum atomic E-state index is -0.0823. The first kappa shape index (κ1) is 18.7. The summed E-state index contributed by atoms with van der Waals surface area (Å²) in [6, 6.07) is 5.77. The summed E-state index contributed by atoms with van der Waals surface area (Å²) >= 11 is 1.61. The van der Waals surface area contributed by atoms with E-state index >= 15 is 0 Å². The van der Waals surface area contributed by atoms with Crippen LogP contribution in [0.3, 0.4) is 0 Å². The van der Waals surface area contributed by atoms with E-state index in [1.165, 1.54) is 36.7 Å². The van der Waals surface area contributed by atoms with Crippen LogP contribution in [0.15, 0.2) is 49.1 Å². The highest BCUT2D eigenvalue weighted by atomic mass is 32.1. The molecule has 0 unspecified atom stereocenters. The highest BCUT2D eigenvalue weighted by Gasteiger charge is 2.21. The number of fused-ring (bicyclic) bond motifs is 1. The third-order valence-electron chi connectivity index (χ3n) is 5.38. The van der Waals surface area contributed by atoms with Crippen molar-refractivity contribution in [2.45, 2.75) is 31.6 Å². The molecule has 1 amide bonds. The van der Waals surface area contributed by atoms with E-state index in [0.29, 0.717) is 11.7 Å². The van der Waals surface area contributed by atoms with Crippen molar-refractivity contribution in [3.05, 3.63) is 54.1 Å². The zero-order valence-electron chi connectivity index (χ0n) is 16.5. The molecule has 3 aromatic rings. The molecule has 0 spiro atoms. The monoisotopic (exact) mass is 419 g/mol. The fraction of sp³-hybridized carbons (Fsp3) is 0.286. The Labute approximate surface area is 178 Å². The highest BCUT2D eigenvalue weighted by Crippen LogP contribution is 2.37. The minimum absolute atomic E-state index is 0.0823. The van der Waals surface area contributed by atoms with Crippen LogP contribution in [-0.4, -0.2) is 38.0 Å². The van der Waals surface area contributed by atoms with Gasteiger partial charge in [0.1, 0.15) is 10.8 Å². The summed E-state index contributed by atoms with van der Waals surface area (Å²) in [7, 11) is 1.72. The van der Waals surface area contributed by atoms with Gasteiger partial charge in [-0.05, 0) is 31.0 Å². The molecule has 1 saturated carbocycles. The van der Waals surface area contributed by atoms with Crippen molar-refractivity contribution >= 4 is 44.9 Å². The van der Waals surface area contributed by atoms with Crippen LogP contribution in [0.1, 0.15) is 36.6 Å². The molecule has 0 aromatic carbocycles. The normalized spacial score (nSPS) is 17.2. The molecule has 8 nitrogen and oxygen atoms in total. The molecule has 1 N–H and O–H groups in total. The molecule has 30 heavy (non-hydrogen) atoms. The first-order valence-corrected chi connectivity index (χ1v) is 10.8. The largest absolute Gasteiger partial charge is 0.321 e. The van der Waals surface area contributed by atoms with E-state index < -0.39 is 0 Å². The van der Waals surface area contributed by atoms with Crippen molar-refractivity contribution in [2.24, 2.45) is 0 Å². The standard InChI is InChI=1S/C21H21N7OS/c1-27-10-11-28(9-8-19(27)29)15-12-17-16(22-13-15)6-7-18(23-17)24-21-26-25-20(30-21)14-4-2-3-5-14/h6-14H,2-5H2,1H3,(H,23,24,26). The molecule has 0 radical (unpaired) electrons. The maximum Gasteiger partial charge on any atom is 0.251 e. The van der Waals surface area contributed by atoms with E-state index in [-0.39, 0.29) is 5.91 Å². The first-order chi connectivity index (χ1) is 14.7. The topological polar surface area (TPSA) is 87.1 Å². The molecule has 1 aliphatic heterocycles. The van der Waals surface area contributed by atoms with Crippen molar-refractivity contribution in [3.8, 4) is 0 Å². The molecule has 9 heteroatoms. The summed E-state index contributed by atoms with van der Waals surface area (Å²) in [5, 5.41) is 13.8. The molecule has 1 fully saturated rings. The van der Waals surface area contributed by atoms with Gasteiger partial charge in [0.15, 0.2) is 0 Å². The van der Waals surface area contributed by atoms with Crippen LogP contribution < -0.4 is 10.2 Å². The van der Waals surface area contributed by atoms with Gasteiger partial charge in [-0.2, -0.15) is 0 Å². The average molecular weight is 420 g/mol. The second-order valence-electron chi connectivity index (χ2n) is 7.45. The lowest BCUT2D eigenvalue weighted by atomic mass is 10.1. The van der Waals surface area contributed by atoms with Gasteiger partial charge in [0.2, 0.25) is 5.13 Å². The Hall–Kier alpha value is -3.33. The predicted octanol–water partition coefficient (Wildman–Crippen LogP) is 4.15. The number of hydrogen-bond acceptors (Lipinski definition) is 8. The molecule has 1 aliphatic carbocycles. The fourth-order valence-electron chi connectivity index (χ4n) is 3.67. The van der Waals surface area contributed by atoms with Crippen LogP contribution in [0.25, 0.3) is 11.0 Å². The van der Waals surface area contributed by atoms with Gasteiger partial charge in [-0.3, -0.25) is 9.78 Å². The molecule has 4 heterocycles. The number of pyridine rings is 2. The third kappa shape index (κ3) is 3.76. The van der Waals surface area contributed by atoms with Crippen LogP contribution in [-0.2, 0) is 4.79 Å². The Morgan fingerprint density at radius 3 is 2.83 bits per heavy atom. The quantitative estimate of drug-likeness (QED) is 0.680. The summed E-state index contributed by atoms with van der Waals surface area (Å²) in [5.74, 6) is 1.17. The number of anilines is 3. The molecule has 5 rings (SSSR count). The van der Waals surface area contributed by atoms with Crippen molar-refractivity contribution < 1.29 is 4.79 Å². The molecule has 0 saturated heterocycles. The van der Waals surface area contributed by atoms with Crippen molar-refractivity contribution in [2.75, 3.05) is 17.3 Å². The van der Waals surface area contributed by atoms with Crippen LogP contribution >= 0.6 is 11.3 Å². The average Bonchev–Trinajstić information content (AvgIpc) is 3.42. The lowest BCUT2D eigenvalue weighted by Crippen LogP contribution is -2.16. The number of likely N-dealkylation sites (N-methyl/N-ethyl adjacent to an activating group) is 1. The van der Waals surface area contributed by atoms with Crippen LogP contribution in [0.4, 0.5) is 16.6 Å². The summed E-state index contributed by atoms with van der Waals surface area (Å²) in [5.41, 5.74) is 2.37. The molecule has 3 aromatic heterocycles. The fourth-order valence-corrected chi connectivity index (χ4v) is 4.59. The van der Waals surface area contributed by atoms with Gasteiger partial charge in [-0.25, -0.2) is 4.98 Å². The molecule has 2 aliphatic rings. The second-order valence-corrected chi connectivity index (χ2v) is 8.46. The molecular formula is C21H21N7OS. The molecule has 0 bridgehead atoms. The van der Waals surface area contributed by atoms with Gasteiger partial charge < -0.3 is 15.1 Å². The zero-order valence-corrected chi connectivity index (χ0v) is 17.3. The van der Waals surface area contributed by atoms with E-state index in [1.807, 2.05) is 29.3 Å². The lowest BCUT2D eigenvalue weighted by molar-refractivity contribution is -0.122. The van der Waals surface area contributed by atoms with Gasteiger partial charge in [-0.15, -0.1) is 10.2 Å². The second kappa shape index (κ2) is 7.83. The number of carbonyl (C=O) groups is 1. The number of aromatic nitrogens is 4. The summed E-state index contributed by atoms with van der Waals surface area (Å²) in [6.45, 7) is 0. The third-order valence-corrected chi connectivity index (χ3v) is 6.38. The Morgan fingerprint density at radius 2 is 1.97 bits per heavy atom. The number of hydrogen-bond donors (Lipinski definition) is 1. The Bertz CT molecular complexity index is 1150. The number of amides is 1. The van der Waals surface area contributed by atoms with Crippen molar-refractivity contribution in [1.29, 1.82) is 0 Å². The lowest BCUT2D eigenvalue weighted by Gasteiger charge is -2.14. The van der Waals surface area contributed by atoms with E-state index in [0.717, 1.165) is 26.9 Å². The zero-order chi connectivity index (χ0) is 20.5. The highest BCUT2D eigenvalue weighted by molar-refractivity contribution is 7.15. The Balaban J connectivity index is 1.39. The van der Waals surface area contributed by atoms with Crippen molar-refractivity contribution in [1.82, 2.24) is 25.1 Å². The Morgan fingerprint density at radius 1 is 1.10 bits per heavy atom. The smallest absolute Gasteiger partial charge is 0.251 e. The van der Waals surface area contributed by atoms with Crippen LogP contribution in [0.5, 0.6) is 0 Å². The maximum absolute atomic E-state index is 11.8. The Kier molecular flexibility index (Phi) is 4.88.